The molecular weight excluding hydrogens is 365 g/mol. The van der Waals surface area contributed by atoms with Crippen LogP contribution in [0.15, 0.2) is 18.2 Å². The lowest BCUT2D eigenvalue weighted by Gasteiger charge is -2.27. The molecule has 27 heavy (non-hydrogen) atoms. The SMILES string of the molecule is CCCCCCCCc1ccc(CCC(N)(CO)COP(=O)(O)O)cc1C. The first-order chi connectivity index (χ1) is 12.7. The zero-order valence-electron chi connectivity index (χ0n) is 16.7. The molecule has 156 valence electrons. The molecule has 0 aliphatic heterocycles. The van der Waals surface area contributed by atoms with E-state index in [1.807, 2.05) is 0 Å². The van der Waals surface area contributed by atoms with Crippen molar-refractivity contribution >= 4 is 7.82 Å². The van der Waals surface area contributed by atoms with Gasteiger partial charge in [-0.15, -0.1) is 0 Å². The van der Waals surface area contributed by atoms with Gasteiger partial charge in [-0.1, -0.05) is 57.2 Å². The summed E-state index contributed by atoms with van der Waals surface area (Å²) in [4.78, 5) is 17.6. The number of rotatable bonds is 14. The molecule has 0 aliphatic rings. The van der Waals surface area contributed by atoms with E-state index < -0.39 is 20.0 Å². The smallest absolute Gasteiger partial charge is 0.394 e. The Labute approximate surface area is 163 Å². The normalized spacial score (nSPS) is 14.3. The third-order valence-electron chi connectivity index (χ3n) is 4.95. The van der Waals surface area contributed by atoms with E-state index in [1.54, 1.807) is 0 Å². The van der Waals surface area contributed by atoms with Crippen LogP contribution in [0.3, 0.4) is 0 Å². The Morgan fingerprint density at radius 3 is 2.37 bits per heavy atom. The Morgan fingerprint density at radius 1 is 1.11 bits per heavy atom. The lowest BCUT2D eigenvalue weighted by atomic mass is 9.92. The lowest BCUT2D eigenvalue weighted by molar-refractivity contribution is 0.102. The molecule has 0 bridgehead atoms. The van der Waals surface area contributed by atoms with Gasteiger partial charge < -0.3 is 20.6 Å². The van der Waals surface area contributed by atoms with Crippen molar-refractivity contribution in [2.45, 2.75) is 77.2 Å². The highest BCUT2D eigenvalue weighted by Crippen LogP contribution is 2.36. The van der Waals surface area contributed by atoms with Crippen molar-refractivity contribution in [3.8, 4) is 0 Å². The van der Waals surface area contributed by atoms with Crippen LogP contribution in [-0.2, 0) is 21.9 Å². The van der Waals surface area contributed by atoms with Crippen molar-refractivity contribution in [3.63, 3.8) is 0 Å². The topological polar surface area (TPSA) is 113 Å². The second-order valence-corrected chi connectivity index (χ2v) is 8.80. The van der Waals surface area contributed by atoms with E-state index in [-0.39, 0.29) is 6.61 Å². The number of aryl methyl sites for hydroxylation is 3. The van der Waals surface area contributed by atoms with E-state index in [1.165, 1.54) is 49.7 Å². The van der Waals surface area contributed by atoms with Crippen LogP contribution in [0.5, 0.6) is 0 Å². The molecule has 0 saturated heterocycles. The maximum absolute atomic E-state index is 10.8. The standard InChI is InChI=1S/C20H36NO5P/c1-3-4-5-6-7-8-9-19-11-10-18(14-17(19)2)12-13-20(21,15-22)16-26-27(23,24)25/h10-11,14,22H,3-9,12-13,15-16,21H2,1-2H3,(H2,23,24,25). The molecule has 1 aromatic rings. The fourth-order valence-electron chi connectivity index (χ4n) is 3.09. The van der Waals surface area contributed by atoms with Crippen LogP contribution in [0, 0.1) is 6.92 Å². The maximum Gasteiger partial charge on any atom is 0.469 e. The van der Waals surface area contributed by atoms with Crippen molar-refractivity contribution in [2.75, 3.05) is 13.2 Å². The van der Waals surface area contributed by atoms with Crippen LogP contribution in [0.4, 0.5) is 0 Å². The predicted octanol–water partition coefficient (Wildman–Crippen LogP) is 3.63. The minimum absolute atomic E-state index is 0.375. The van der Waals surface area contributed by atoms with E-state index in [9.17, 15) is 9.67 Å². The van der Waals surface area contributed by atoms with Crippen molar-refractivity contribution in [1.29, 1.82) is 0 Å². The summed E-state index contributed by atoms with van der Waals surface area (Å²) >= 11 is 0. The van der Waals surface area contributed by atoms with Gasteiger partial charge >= 0.3 is 7.82 Å². The van der Waals surface area contributed by atoms with Gasteiger partial charge in [-0.25, -0.2) is 4.57 Å². The molecule has 0 aliphatic carbocycles. The summed E-state index contributed by atoms with van der Waals surface area (Å²) in [7, 11) is -4.60. The molecule has 6 nitrogen and oxygen atoms in total. The molecule has 0 aromatic heterocycles. The fraction of sp³-hybridized carbons (Fsp3) is 0.700. The van der Waals surface area contributed by atoms with Crippen LogP contribution < -0.4 is 5.73 Å². The van der Waals surface area contributed by atoms with E-state index >= 15 is 0 Å². The Morgan fingerprint density at radius 2 is 1.78 bits per heavy atom. The number of aliphatic hydroxyl groups excluding tert-OH is 1. The van der Waals surface area contributed by atoms with Gasteiger partial charge in [0.15, 0.2) is 0 Å². The number of hydrogen-bond acceptors (Lipinski definition) is 4. The molecule has 0 radical (unpaired) electrons. The van der Waals surface area contributed by atoms with Gasteiger partial charge in [0.05, 0.1) is 18.8 Å². The zero-order valence-corrected chi connectivity index (χ0v) is 17.6. The van der Waals surface area contributed by atoms with Crippen molar-refractivity contribution in [2.24, 2.45) is 5.73 Å². The van der Waals surface area contributed by atoms with E-state index in [0.717, 1.165) is 12.0 Å². The highest BCUT2D eigenvalue weighted by molar-refractivity contribution is 7.46. The van der Waals surface area contributed by atoms with Crippen LogP contribution in [0.2, 0.25) is 0 Å². The molecule has 7 heteroatoms. The number of phosphoric acid groups is 1. The molecule has 1 unspecified atom stereocenters. The molecule has 1 aromatic carbocycles. The Hall–Kier alpha value is -0.750. The van der Waals surface area contributed by atoms with E-state index in [2.05, 4.69) is 36.6 Å². The van der Waals surface area contributed by atoms with Crippen LogP contribution in [0.1, 0.15) is 68.6 Å². The zero-order chi connectivity index (χ0) is 20.3. The average Bonchev–Trinajstić information content (AvgIpc) is 2.62. The summed E-state index contributed by atoms with van der Waals surface area (Å²) in [6.07, 6.45) is 9.78. The first-order valence-electron chi connectivity index (χ1n) is 9.87. The van der Waals surface area contributed by atoms with Gasteiger partial charge in [0, 0.05) is 0 Å². The minimum atomic E-state index is -4.60. The van der Waals surface area contributed by atoms with Crippen molar-refractivity contribution < 1.29 is 24.0 Å². The molecule has 1 rings (SSSR count). The van der Waals surface area contributed by atoms with Crippen LogP contribution >= 0.6 is 7.82 Å². The Balaban J connectivity index is 2.49. The molecular formula is C20H36NO5P. The second kappa shape index (κ2) is 11.9. The first-order valence-corrected chi connectivity index (χ1v) is 11.4. The number of unbranched alkanes of at least 4 members (excludes halogenated alkanes) is 5. The summed E-state index contributed by atoms with van der Waals surface area (Å²) in [5.41, 5.74) is 8.55. The van der Waals surface area contributed by atoms with Gasteiger partial charge in [0.1, 0.15) is 0 Å². The van der Waals surface area contributed by atoms with E-state index in [0.29, 0.717) is 12.8 Å². The summed E-state index contributed by atoms with van der Waals surface area (Å²) in [5, 5.41) is 9.48. The first kappa shape index (κ1) is 24.3. The summed E-state index contributed by atoms with van der Waals surface area (Å²) < 4.78 is 15.3. The number of nitrogens with two attached hydrogens (primary N) is 1. The summed E-state index contributed by atoms with van der Waals surface area (Å²) in [6.45, 7) is 3.55. The lowest BCUT2D eigenvalue weighted by Crippen LogP contribution is -2.48. The Bertz CT molecular complexity index is 604. The second-order valence-electron chi connectivity index (χ2n) is 7.56. The monoisotopic (exact) mass is 401 g/mol. The van der Waals surface area contributed by atoms with Gasteiger partial charge in [0.25, 0.3) is 0 Å². The van der Waals surface area contributed by atoms with Crippen molar-refractivity contribution in [1.82, 2.24) is 0 Å². The third kappa shape index (κ3) is 10.4. The molecule has 1 atom stereocenters. The van der Waals surface area contributed by atoms with Crippen molar-refractivity contribution in [3.05, 3.63) is 34.9 Å². The number of phosphoric ester groups is 1. The summed E-state index contributed by atoms with van der Waals surface area (Å²) in [6, 6.07) is 6.36. The number of aliphatic hydroxyl groups is 1. The summed E-state index contributed by atoms with van der Waals surface area (Å²) in [5.74, 6) is 0. The molecule has 0 amide bonds. The largest absolute Gasteiger partial charge is 0.469 e. The molecule has 0 heterocycles. The predicted molar refractivity (Wildman–Crippen MR) is 109 cm³/mol. The van der Waals surface area contributed by atoms with E-state index in [4.69, 9.17) is 15.5 Å². The molecule has 0 saturated carbocycles. The average molecular weight is 401 g/mol. The third-order valence-corrected chi connectivity index (χ3v) is 5.42. The molecule has 0 fully saturated rings. The maximum atomic E-state index is 10.8. The fourth-order valence-corrected chi connectivity index (χ4v) is 3.52. The highest BCUT2D eigenvalue weighted by Gasteiger charge is 2.28. The van der Waals surface area contributed by atoms with Crippen LogP contribution in [0.25, 0.3) is 0 Å². The molecule has 0 spiro atoms. The van der Waals surface area contributed by atoms with Gasteiger partial charge in [-0.05, 0) is 49.3 Å². The minimum Gasteiger partial charge on any atom is -0.394 e. The number of benzene rings is 1. The van der Waals surface area contributed by atoms with Gasteiger partial charge in [-0.2, -0.15) is 0 Å². The quantitative estimate of drug-likeness (QED) is 0.280. The van der Waals surface area contributed by atoms with Gasteiger partial charge in [-0.3, -0.25) is 4.52 Å². The van der Waals surface area contributed by atoms with Crippen LogP contribution in [-0.4, -0.2) is 33.6 Å². The Kier molecular flexibility index (Phi) is 10.7. The van der Waals surface area contributed by atoms with Gasteiger partial charge in [0.2, 0.25) is 0 Å². The molecule has 5 N–H and O–H groups in total. The highest BCUT2D eigenvalue weighted by atomic mass is 31.2. The number of hydrogen-bond donors (Lipinski definition) is 4.